The van der Waals surface area contributed by atoms with Crippen molar-refractivity contribution >= 4 is 23.4 Å². The third kappa shape index (κ3) is 5.91. The minimum atomic E-state index is -0.395. The van der Waals surface area contributed by atoms with Crippen LogP contribution in [0.2, 0.25) is 5.02 Å². The molecule has 2 rings (SSSR count). The zero-order chi connectivity index (χ0) is 18.2. The third-order valence-corrected chi connectivity index (χ3v) is 4.19. The molecule has 0 saturated carbocycles. The summed E-state index contributed by atoms with van der Waals surface area (Å²) >= 11 is 6.05. The Morgan fingerprint density at radius 3 is 2.44 bits per heavy atom. The van der Waals surface area contributed by atoms with E-state index in [0.29, 0.717) is 18.1 Å². The summed E-state index contributed by atoms with van der Waals surface area (Å²) in [5, 5.41) is 3.43. The smallest absolute Gasteiger partial charge is 0.225 e. The first kappa shape index (κ1) is 19.0. The van der Waals surface area contributed by atoms with Crippen LogP contribution in [0.25, 0.3) is 0 Å². The van der Waals surface area contributed by atoms with Crippen LogP contribution in [0.1, 0.15) is 37.4 Å². The number of nitrogens with one attached hydrogen (secondary N) is 1. The minimum absolute atomic E-state index is 0.00919. The summed E-state index contributed by atoms with van der Waals surface area (Å²) in [5.41, 5.74) is 1.91. The normalized spacial score (nSPS) is 11.6. The van der Waals surface area contributed by atoms with Crippen LogP contribution in [-0.4, -0.2) is 23.3 Å². The Balaban J connectivity index is 2.13. The van der Waals surface area contributed by atoms with E-state index in [0.717, 1.165) is 11.1 Å². The van der Waals surface area contributed by atoms with Gasteiger partial charge in [0.1, 0.15) is 0 Å². The fourth-order valence-corrected chi connectivity index (χ4v) is 2.90. The van der Waals surface area contributed by atoms with Gasteiger partial charge in [0.05, 0.1) is 12.5 Å². The maximum Gasteiger partial charge on any atom is 0.225 e. The van der Waals surface area contributed by atoms with Gasteiger partial charge in [0.25, 0.3) is 0 Å². The minimum Gasteiger partial charge on any atom is -0.349 e. The highest BCUT2D eigenvalue weighted by Crippen LogP contribution is 2.22. The summed E-state index contributed by atoms with van der Waals surface area (Å²) in [6.45, 7) is 4.56. The number of rotatable bonds is 7. The first-order chi connectivity index (χ1) is 12.0. The Kier molecular flexibility index (Phi) is 7.02. The molecule has 0 bridgehead atoms. The van der Waals surface area contributed by atoms with Gasteiger partial charge in [-0.2, -0.15) is 0 Å². The molecule has 2 amide bonds. The van der Waals surface area contributed by atoms with E-state index >= 15 is 0 Å². The van der Waals surface area contributed by atoms with Crippen molar-refractivity contribution in [3.05, 3.63) is 70.7 Å². The molecule has 1 unspecified atom stereocenters. The van der Waals surface area contributed by atoms with Gasteiger partial charge in [-0.25, -0.2) is 0 Å². The summed E-state index contributed by atoms with van der Waals surface area (Å²) in [4.78, 5) is 26.1. The van der Waals surface area contributed by atoms with Gasteiger partial charge >= 0.3 is 0 Å². The fourth-order valence-electron chi connectivity index (χ4n) is 2.70. The highest BCUT2D eigenvalue weighted by atomic mass is 35.5. The van der Waals surface area contributed by atoms with Crippen LogP contribution in [0.5, 0.6) is 0 Å². The van der Waals surface area contributed by atoms with Gasteiger partial charge in [-0.05, 0) is 30.2 Å². The van der Waals surface area contributed by atoms with Crippen molar-refractivity contribution in [3.8, 4) is 0 Å². The summed E-state index contributed by atoms with van der Waals surface area (Å²) in [7, 11) is 0. The fraction of sp³-hybridized carbons (Fsp3) is 0.300. The molecular formula is C20H23ClN2O2. The van der Waals surface area contributed by atoms with Crippen molar-refractivity contribution in [2.75, 3.05) is 6.54 Å². The maximum atomic E-state index is 12.8. The van der Waals surface area contributed by atoms with E-state index < -0.39 is 6.04 Å². The van der Waals surface area contributed by atoms with Gasteiger partial charge in [-0.1, -0.05) is 54.1 Å². The second kappa shape index (κ2) is 9.23. The molecule has 0 aliphatic heterocycles. The van der Waals surface area contributed by atoms with E-state index in [1.165, 1.54) is 6.92 Å². The molecule has 2 aromatic rings. The average molecular weight is 359 g/mol. The van der Waals surface area contributed by atoms with Crippen LogP contribution in [0, 0.1) is 0 Å². The largest absolute Gasteiger partial charge is 0.349 e. The molecule has 0 spiro atoms. The SMILES string of the molecule is CCN(Cc1ccccc1)C(=O)CC(NC(C)=O)c1cccc(Cl)c1. The van der Waals surface area contributed by atoms with Crippen LogP contribution in [-0.2, 0) is 16.1 Å². The topological polar surface area (TPSA) is 49.4 Å². The molecule has 1 atom stereocenters. The van der Waals surface area contributed by atoms with Gasteiger partial charge in [0.2, 0.25) is 11.8 Å². The van der Waals surface area contributed by atoms with Crippen LogP contribution >= 0.6 is 11.6 Å². The molecule has 132 valence electrons. The lowest BCUT2D eigenvalue weighted by Gasteiger charge is -2.25. The molecule has 25 heavy (non-hydrogen) atoms. The number of amides is 2. The van der Waals surface area contributed by atoms with Crippen molar-refractivity contribution in [2.45, 2.75) is 32.9 Å². The van der Waals surface area contributed by atoms with E-state index in [1.807, 2.05) is 49.4 Å². The Morgan fingerprint density at radius 1 is 1.12 bits per heavy atom. The first-order valence-corrected chi connectivity index (χ1v) is 8.71. The molecule has 5 heteroatoms. The van der Waals surface area contributed by atoms with Gasteiger partial charge < -0.3 is 10.2 Å². The Labute approximate surface area is 153 Å². The van der Waals surface area contributed by atoms with E-state index in [2.05, 4.69) is 5.32 Å². The lowest BCUT2D eigenvalue weighted by Crippen LogP contribution is -2.35. The second-order valence-electron chi connectivity index (χ2n) is 5.91. The zero-order valence-corrected chi connectivity index (χ0v) is 15.3. The third-order valence-electron chi connectivity index (χ3n) is 3.96. The lowest BCUT2D eigenvalue weighted by molar-refractivity contribution is -0.132. The van der Waals surface area contributed by atoms with E-state index in [4.69, 9.17) is 11.6 Å². The molecule has 0 heterocycles. The summed E-state index contributed by atoms with van der Waals surface area (Å²) in [6.07, 6.45) is 0.195. The molecule has 4 nitrogen and oxygen atoms in total. The van der Waals surface area contributed by atoms with Gasteiger partial charge in [-0.3, -0.25) is 9.59 Å². The molecule has 0 radical (unpaired) electrons. The molecular weight excluding hydrogens is 336 g/mol. The Morgan fingerprint density at radius 2 is 1.84 bits per heavy atom. The van der Waals surface area contributed by atoms with Crippen LogP contribution < -0.4 is 5.32 Å². The first-order valence-electron chi connectivity index (χ1n) is 8.34. The van der Waals surface area contributed by atoms with Crippen molar-refractivity contribution in [2.24, 2.45) is 0 Å². The molecule has 0 aliphatic rings. The van der Waals surface area contributed by atoms with Crippen molar-refractivity contribution < 1.29 is 9.59 Å². The van der Waals surface area contributed by atoms with Gasteiger partial charge in [0.15, 0.2) is 0 Å². The molecule has 0 fully saturated rings. The standard InChI is InChI=1S/C20H23ClN2O2/c1-3-23(14-16-8-5-4-6-9-16)20(25)13-19(22-15(2)24)17-10-7-11-18(21)12-17/h4-12,19H,3,13-14H2,1-2H3,(H,22,24). The summed E-state index contributed by atoms with van der Waals surface area (Å²) in [5.74, 6) is -0.186. The van der Waals surface area contributed by atoms with E-state index in [1.54, 1.807) is 17.0 Å². The highest BCUT2D eigenvalue weighted by molar-refractivity contribution is 6.30. The van der Waals surface area contributed by atoms with Crippen molar-refractivity contribution in [1.82, 2.24) is 10.2 Å². The second-order valence-corrected chi connectivity index (χ2v) is 6.34. The van der Waals surface area contributed by atoms with E-state index in [-0.39, 0.29) is 18.2 Å². The van der Waals surface area contributed by atoms with Crippen molar-refractivity contribution in [1.29, 1.82) is 0 Å². The number of carbonyl (C=O) groups is 2. The van der Waals surface area contributed by atoms with Crippen LogP contribution in [0.4, 0.5) is 0 Å². The van der Waals surface area contributed by atoms with Gasteiger partial charge in [-0.15, -0.1) is 0 Å². The Bertz CT molecular complexity index is 719. The number of nitrogens with zero attached hydrogens (tertiary/aromatic N) is 1. The average Bonchev–Trinajstić information content (AvgIpc) is 2.59. The number of halogens is 1. The molecule has 0 aliphatic carbocycles. The van der Waals surface area contributed by atoms with Gasteiger partial charge in [0, 0.05) is 25.0 Å². The summed E-state index contributed by atoms with van der Waals surface area (Å²) in [6, 6.07) is 16.7. The highest BCUT2D eigenvalue weighted by Gasteiger charge is 2.21. The number of carbonyl (C=O) groups excluding carboxylic acids is 2. The predicted octanol–water partition coefficient (Wildman–Crippen LogP) is 3.96. The molecule has 0 saturated heterocycles. The van der Waals surface area contributed by atoms with E-state index in [9.17, 15) is 9.59 Å². The quantitative estimate of drug-likeness (QED) is 0.814. The van der Waals surface area contributed by atoms with Crippen LogP contribution in [0.15, 0.2) is 54.6 Å². The number of benzene rings is 2. The maximum absolute atomic E-state index is 12.8. The van der Waals surface area contributed by atoms with Crippen LogP contribution in [0.3, 0.4) is 0 Å². The van der Waals surface area contributed by atoms with Crippen molar-refractivity contribution in [3.63, 3.8) is 0 Å². The molecule has 0 aromatic heterocycles. The zero-order valence-electron chi connectivity index (χ0n) is 14.5. The predicted molar refractivity (Wildman–Crippen MR) is 100 cm³/mol. The Hall–Kier alpha value is -2.33. The monoisotopic (exact) mass is 358 g/mol. The number of hydrogen-bond donors (Lipinski definition) is 1. The lowest BCUT2D eigenvalue weighted by atomic mass is 10.0. The summed E-state index contributed by atoms with van der Waals surface area (Å²) < 4.78 is 0. The number of hydrogen-bond acceptors (Lipinski definition) is 2. The molecule has 2 aromatic carbocycles. The molecule has 1 N–H and O–H groups in total.